The lowest BCUT2D eigenvalue weighted by atomic mass is 10.1. The number of aromatic nitrogens is 19. The van der Waals surface area contributed by atoms with Crippen LogP contribution in [0.25, 0.3) is 134 Å². The molecule has 1 aliphatic rings. The van der Waals surface area contributed by atoms with Crippen LogP contribution in [0.4, 0.5) is 0 Å². The number of likely N-dealkylation sites (tertiary alicyclic amines) is 1. The summed E-state index contributed by atoms with van der Waals surface area (Å²) in [6.07, 6.45) is 10.7. The molecule has 0 radical (unpaired) electrons. The smallest absolute Gasteiger partial charge is 0.182 e. The van der Waals surface area contributed by atoms with Gasteiger partial charge in [-0.1, -0.05) is 303 Å². The summed E-state index contributed by atoms with van der Waals surface area (Å²) in [6, 6.07) is 83.9. The van der Waals surface area contributed by atoms with Gasteiger partial charge in [0.15, 0.2) is 22.6 Å². The SMILES string of the molecule is C=C1CCCN1CCn1nc(-c2ccccc2)c2c(Cl)c(-c3ccccc3)nnc21.CCCn1nc(-c2ccccc2)c2c(Cl)c(-c3ccccc3)nnc21.Clc1c(-c2ccccc2)nnc2c1c(-c1ccccc1)nn2CCn1ccnc1.Cn1cccc1Cn1nc(-c2ccccc2)c2c(Cl)c(-c3ccccc3)nnc21. The minimum Gasteiger partial charge on any atom is -0.373 e. The number of allylic oxidation sites excluding steroid dienone is 1. The molecular formula is C89H74Cl4N20. The molecule has 558 valence electrons. The van der Waals surface area contributed by atoms with Crippen LogP contribution >= 0.6 is 46.4 Å². The zero-order valence-electron chi connectivity index (χ0n) is 61.8. The number of imidazole rings is 1. The molecule has 0 aliphatic carbocycles. The van der Waals surface area contributed by atoms with E-state index in [-0.39, 0.29) is 0 Å². The maximum Gasteiger partial charge on any atom is 0.182 e. The lowest BCUT2D eigenvalue weighted by Gasteiger charge is -2.18. The fourth-order valence-electron chi connectivity index (χ4n) is 13.9. The lowest BCUT2D eigenvalue weighted by Crippen LogP contribution is -2.23. The zero-order chi connectivity index (χ0) is 77.2. The van der Waals surface area contributed by atoms with Gasteiger partial charge in [0.25, 0.3) is 0 Å². The van der Waals surface area contributed by atoms with Gasteiger partial charge in [-0.15, -0.1) is 40.8 Å². The Balaban J connectivity index is 0.000000114. The zero-order valence-corrected chi connectivity index (χ0v) is 64.8. The topological polar surface area (TPSA) is 200 Å². The van der Waals surface area contributed by atoms with E-state index in [0.717, 1.165) is 139 Å². The van der Waals surface area contributed by atoms with Crippen molar-refractivity contribution >= 4 is 90.5 Å². The Labute approximate surface area is 671 Å². The molecule has 0 bridgehead atoms. The Morgan fingerprint density at radius 1 is 0.336 bits per heavy atom. The highest BCUT2D eigenvalue weighted by atomic mass is 35.5. The van der Waals surface area contributed by atoms with E-state index >= 15 is 0 Å². The van der Waals surface area contributed by atoms with Gasteiger partial charge in [-0.05, 0) is 31.4 Å². The van der Waals surface area contributed by atoms with Gasteiger partial charge in [-0.3, -0.25) is 0 Å². The highest BCUT2D eigenvalue weighted by Gasteiger charge is 2.27. The number of halogens is 4. The fourth-order valence-corrected chi connectivity index (χ4v) is 15.2. The first-order chi connectivity index (χ1) is 55.5. The summed E-state index contributed by atoms with van der Waals surface area (Å²) < 4.78 is 11.6. The van der Waals surface area contributed by atoms with Gasteiger partial charge in [0.05, 0.1) is 67.6 Å². The van der Waals surface area contributed by atoms with Gasteiger partial charge >= 0.3 is 0 Å². The van der Waals surface area contributed by atoms with E-state index in [4.69, 9.17) is 66.8 Å². The summed E-state index contributed by atoms with van der Waals surface area (Å²) in [5.41, 5.74) is 18.9. The van der Waals surface area contributed by atoms with Crippen LogP contribution in [0.1, 0.15) is 31.9 Å². The first kappa shape index (κ1) is 74.3. The summed E-state index contributed by atoms with van der Waals surface area (Å²) in [5.74, 6) is 0. The second-order valence-electron chi connectivity index (χ2n) is 27.0. The standard InChI is InChI=1S/C24H22ClN5.C23H18ClN5.C22H17ClN6.C20H17ClN4/c1-17-9-8-14-29(17)15-16-30-24-20(22(28-30)18-10-4-2-5-11-18)21(25)23(26-27-24)19-12-6-3-7-13-19;1-28-14-8-13-18(28)15-29-23-19(21(27-29)16-9-4-2-5-10-16)20(24)22(25-26-23)17-11-6-3-7-12-17;23-19-18-20(16-7-3-1-4-8-16)27-29(14-13-28-12-11-24-15-28)22(18)26-25-21(19)17-9-5-2-6-10-17;1-2-13-25-20-16(18(24-25)14-9-5-3-6-10-14)17(21)19(22-23-20)15-11-7-4-8-12-15/h2-7,10-13H,1,8-9,14-16H2;2-14H,15H2,1H3;1-12,15H,13-14H2;3-12H,2,13H2,1H3. The van der Waals surface area contributed by atoms with Crippen molar-refractivity contribution in [2.24, 2.45) is 7.05 Å². The Hall–Kier alpha value is -12.9. The van der Waals surface area contributed by atoms with Gasteiger partial charge in [0.1, 0.15) is 45.6 Å². The number of hydrogen-bond donors (Lipinski definition) is 0. The van der Waals surface area contributed by atoms with Gasteiger partial charge < -0.3 is 14.0 Å². The van der Waals surface area contributed by atoms with Crippen molar-refractivity contribution < 1.29 is 0 Å². The molecule has 1 aliphatic heterocycles. The first-order valence-electron chi connectivity index (χ1n) is 37.2. The van der Waals surface area contributed by atoms with E-state index in [2.05, 4.69) is 74.8 Å². The average molecular weight is 1570 g/mol. The van der Waals surface area contributed by atoms with Crippen molar-refractivity contribution in [1.29, 1.82) is 0 Å². The fraction of sp³-hybridized carbons (Fsp3) is 0.135. The third kappa shape index (κ3) is 15.8. The molecule has 113 heavy (non-hydrogen) atoms. The van der Waals surface area contributed by atoms with E-state index in [0.29, 0.717) is 79.4 Å². The summed E-state index contributed by atoms with van der Waals surface area (Å²) >= 11 is 27.5. The third-order valence-corrected chi connectivity index (χ3v) is 21.1. The van der Waals surface area contributed by atoms with Crippen LogP contribution in [0.3, 0.4) is 0 Å². The second kappa shape index (κ2) is 34.2. The molecule has 0 spiro atoms. The normalized spacial score (nSPS) is 11.9. The molecule has 0 atom stereocenters. The maximum atomic E-state index is 6.91. The van der Waals surface area contributed by atoms with Crippen LogP contribution in [0.5, 0.6) is 0 Å². The Bertz CT molecular complexity index is 6280. The van der Waals surface area contributed by atoms with E-state index in [9.17, 15) is 0 Å². The predicted octanol–water partition coefficient (Wildman–Crippen LogP) is 20.6. The van der Waals surface area contributed by atoms with Crippen molar-refractivity contribution in [2.75, 3.05) is 13.1 Å². The third-order valence-electron chi connectivity index (χ3n) is 19.6. The highest BCUT2D eigenvalue weighted by Crippen LogP contribution is 2.42. The van der Waals surface area contributed by atoms with Crippen molar-refractivity contribution in [3.05, 3.63) is 318 Å². The minimum absolute atomic E-state index is 0.564. The molecule has 0 N–H and O–H groups in total. The van der Waals surface area contributed by atoms with Crippen molar-refractivity contribution in [2.45, 2.75) is 58.9 Å². The van der Waals surface area contributed by atoms with Crippen molar-refractivity contribution in [3.8, 4) is 90.1 Å². The van der Waals surface area contributed by atoms with Crippen molar-refractivity contribution in [3.63, 3.8) is 0 Å². The number of fused-ring (bicyclic) bond motifs is 4. The lowest BCUT2D eigenvalue weighted by molar-refractivity contribution is 0.365. The van der Waals surface area contributed by atoms with E-state index in [1.807, 2.05) is 291 Å². The number of rotatable bonds is 18. The molecule has 24 heteroatoms. The number of benzene rings is 8. The molecule has 18 aromatic rings. The Morgan fingerprint density at radius 2 is 0.646 bits per heavy atom. The van der Waals surface area contributed by atoms with Crippen LogP contribution in [0.2, 0.25) is 20.1 Å². The summed E-state index contributed by atoms with van der Waals surface area (Å²) in [5, 5.41) is 60.8. The molecule has 19 rings (SSSR count). The summed E-state index contributed by atoms with van der Waals surface area (Å²) in [4.78, 5) is 6.42. The molecule has 20 nitrogen and oxygen atoms in total. The molecule has 1 fully saturated rings. The van der Waals surface area contributed by atoms with Crippen molar-refractivity contribution in [1.82, 2.24) is 98.9 Å². The minimum atomic E-state index is 0.564. The van der Waals surface area contributed by atoms with Gasteiger partial charge in [0.2, 0.25) is 0 Å². The second-order valence-corrected chi connectivity index (χ2v) is 28.5. The summed E-state index contributed by atoms with van der Waals surface area (Å²) in [7, 11) is 2.02. The number of aryl methyl sites for hydroxylation is 4. The predicted molar refractivity (Wildman–Crippen MR) is 452 cm³/mol. The van der Waals surface area contributed by atoms with E-state index in [1.165, 1.54) is 12.1 Å². The molecule has 0 unspecified atom stereocenters. The number of hydrogen-bond acceptors (Lipinski definition) is 14. The van der Waals surface area contributed by atoms with Crippen LogP contribution in [-0.4, -0.2) is 112 Å². The largest absolute Gasteiger partial charge is 0.373 e. The van der Waals surface area contributed by atoms with E-state index < -0.39 is 0 Å². The molecule has 1 saturated heterocycles. The first-order valence-corrected chi connectivity index (χ1v) is 38.7. The van der Waals surface area contributed by atoms with Gasteiger partial charge in [0, 0.05) is 108 Å². The molecule has 0 amide bonds. The molecule has 0 saturated carbocycles. The molecule has 8 aromatic carbocycles. The molecule has 11 heterocycles. The maximum absolute atomic E-state index is 6.91. The summed E-state index contributed by atoms with van der Waals surface area (Å²) in [6.45, 7) is 11.6. The van der Waals surface area contributed by atoms with Crippen LogP contribution < -0.4 is 0 Å². The molecular weight excluding hydrogens is 1490 g/mol. The van der Waals surface area contributed by atoms with Crippen LogP contribution in [0, 0.1) is 0 Å². The number of nitrogens with zero attached hydrogens (tertiary/aromatic N) is 20. The molecule has 10 aromatic heterocycles. The Morgan fingerprint density at radius 3 is 0.938 bits per heavy atom. The highest BCUT2D eigenvalue weighted by molar-refractivity contribution is 6.40. The monoisotopic (exact) mass is 1560 g/mol. The van der Waals surface area contributed by atoms with Crippen LogP contribution in [0.15, 0.2) is 292 Å². The van der Waals surface area contributed by atoms with Gasteiger partial charge in [-0.25, -0.2) is 23.7 Å². The Kier molecular flexibility index (Phi) is 22.5. The van der Waals surface area contributed by atoms with Crippen LogP contribution in [-0.2, 0) is 39.8 Å². The van der Waals surface area contributed by atoms with E-state index in [1.54, 1.807) is 12.5 Å². The average Bonchev–Trinajstić information content (AvgIpc) is 1.64. The quantitative estimate of drug-likeness (QED) is 0.0785. The van der Waals surface area contributed by atoms with Gasteiger partial charge in [-0.2, -0.15) is 20.4 Å².